The van der Waals surface area contributed by atoms with E-state index in [1.165, 1.54) is 12.1 Å². The van der Waals surface area contributed by atoms with Crippen molar-refractivity contribution in [1.82, 2.24) is 19.5 Å². The minimum absolute atomic E-state index is 0.0296. The normalized spacial score (nSPS) is 13.3. The first-order chi connectivity index (χ1) is 16.3. The molecule has 2 N–H and O–H groups in total. The number of aromatic nitrogens is 4. The van der Waals surface area contributed by atoms with Gasteiger partial charge in [-0.2, -0.15) is 4.98 Å². The molecular formula is C23H17F2N5O3S. The number of nitrogens with one attached hydrogen (secondary N) is 1. The van der Waals surface area contributed by atoms with Gasteiger partial charge in [0.15, 0.2) is 11.5 Å². The van der Waals surface area contributed by atoms with Gasteiger partial charge in [-0.3, -0.25) is 9.78 Å². The zero-order valence-corrected chi connectivity index (χ0v) is 18.8. The van der Waals surface area contributed by atoms with E-state index in [0.29, 0.717) is 16.3 Å². The first-order valence-corrected chi connectivity index (χ1v) is 11.3. The Bertz CT molecular complexity index is 1550. The Labute approximate surface area is 195 Å². The second-order valence-corrected chi connectivity index (χ2v) is 8.96. The molecule has 4 heterocycles. The summed E-state index contributed by atoms with van der Waals surface area (Å²) in [7, 11) is 0. The van der Waals surface area contributed by atoms with E-state index in [1.54, 1.807) is 12.3 Å². The van der Waals surface area contributed by atoms with E-state index < -0.39 is 34.8 Å². The molecule has 34 heavy (non-hydrogen) atoms. The number of fused-ring (bicyclic) bond motifs is 5. The summed E-state index contributed by atoms with van der Waals surface area (Å²) in [5.41, 5.74) is -0.832. The molecule has 2 bridgehead atoms. The number of pyridine rings is 2. The molecule has 5 rings (SSSR count). The van der Waals surface area contributed by atoms with Gasteiger partial charge in [0.2, 0.25) is 11.8 Å². The monoisotopic (exact) mass is 481 g/mol. The lowest BCUT2D eigenvalue weighted by atomic mass is 10.1. The third kappa shape index (κ3) is 3.48. The van der Waals surface area contributed by atoms with Crippen LogP contribution in [0.5, 0.6) is 5.88 Å². The molecule has 0 fully saturated rings. The van der Waals surface area contributed by atoms with E-state index >= 15 is 4.39 Å². The quantitative estimate of drug-likeness (QED) is 0.423. The van der Waals surface area contributed by atoms with E-state index in [1.807, 2.05) is 13.8 Å². The van der Waals surface area contributed by atoms with Crippen molar-refractivity contribution in [1.29, 1.82) is 0 Å². The predicted octanol–water partition coefficient (Wildman–Crippen LogP) is 3.99. The van der Waals surface area contributed by atoms with Gasteiger partial charge in [0.05, 0.1) is 33.8 Å². The fourth-order valence-electron chi connectivity index (χ4n) is 3.90. The van der Waals surface area contributed by atoms with Gasteiger partial charge >= 0.3 is 5.69 Å². The van der Waals surface area contributed by atoms with E-state index in [2.05, 4.69) is 20.3 Å². The van der Waals surface area contributed by atoms with E-state index in [0.717, 1.165) is 28.5 Å². The molecule has 1 aliphatic heterocycles. The summed E-state index contributed by atoms with van der Waals surface area (Å²) in [5.74, 6) is -3.15. The number of benzene rings is 1. The molecule has 0 unspecified atom stereocenters. The second kappa shape index (κ2) is 8.17. The van der Waals surface area contributed by atoms with Crippen molar-refractivity contribution in [2.75, 3.05) is 11.1 Å². The molecule has 0 radical (unpaired) electrons. The Balaban J connectivity index is 2.00. The molecular weight excluding hydrogens is 464 g/mol. The highest BCUT2D eigenvalue weighted by Gasteiger charge is 2.26. The fraction of sp³-hybridized carbons (Fsp3) is 0.174. The number of halogens is 2. The Hall–Kier alpha value is -3.86. The largest absolute Gasteiger partial charge is 0.493 e. The standard InChI is InChI=1S/C23H17F2N5O3S/c1-10(2)18-20-15(6-7-26-18)34-9-16(31)27-14-5-3-4-12(24)17(14)19-13(25)8-11-21(28-19)30(20)23(33)29-22(11)32/h3-8,10H,9H2,1-2H3,(H,27,31)(H,29,32,33). The SMILES string of the molecule is CC(C)c1nccc2c1-n1c(=O)nc(O)c3cc(F)c(nc31)-c1c(F)cccc1NC(=O)CS2. The van der Waals surface area contributed by atoms with Gasteiger partial charge in [-0.15, -0.1) is 11.8 Å². The number of carbonyl (C=O) groups is 1. The van der Waals surface area contributed by atoms with Gasteiger partial charge in [0, 0.05) is 11.1 Å². The third-order valence-corrected chi connectivity index (χ3v) is 6.42. The van der Waals surface area contributed by atoms with Gasteiger partial charge in [-0.05, 0) is 30.2 Å². The summed E-state index contributed by atoms with van der Waals surface area (Å²) >= 11 is 1.15. The zero-order valence-electron chi connectivity index (χ0n) is 18.0. The van der Waals surface area contributed by atoms with Crippen molar-refractivity contribution in [3.63, 3.8) is 0 Å². The number of anilines is 1. The van der Waals surface area contributed by atoms with Crippen LogP contribution in [-0.2, 0) is 4.79 Å². The molecule has 4 aromatic rings. The highest BCUT2D eigenvalue weighted by atomic mass is 32.2. The van der Waals surface area contributed by atoms with Crippen LogP contribution >= 0.6 is 11.8 Å². The number of aromatic hydroxyl groups is 1. The van der Waals surface area contributed by atoms with E-state index in [4.69, 9.17) is 0 Å². The lowest BCUT2D eigenvalue weighted by Gasteiger charge is -2.20. The predicted molar refractivity (Wildman–Crippen MR) is 123 cm³/mol. The molecule has 1 amide bonds. The number of hydrogen-bond donors (Lipinski definition) is 2. The first kappa shape index (κ1) is 22.0. The highest BCUT2D eigenvalue weighted by Crippen LogP contribution is 2.37. The number of hydrogen-bond acceptors (Lipinski definition) is 7. The maximum Gasteiger partial charge on any atom is 0.357 e. The topological polar surface area (TPSA) is 110 Å². The van der Waals surface area contributed by atoms with Gasteiger partial charge < -0.3 is 10.4 Å². The van der Waals surface area contributed by atoms with Crippen LogP contribution in [0, 0.1) is 11.6 Å². The molecule has 1 aliphatic rings. The molecule has 172 valence electrons. The number of rotatable bonds is 1. The summed E-state index contributed by atoms with van der Waals surface area (Å²) in [4.78, 5) is 38.7. The molecule has 0 spiro atoms. The van der Waals surface area contributed by atoms with Gasteiger partial charge in [-0.25, -0.2) is 23.1 Å². The van der Waals surface area contributed by atoms with Crippen molar-refractivity contribution in [3.05, 3.63) is 64.3 Å². The Kier molecular flexibility index (Phi) is 5.28. The number of thioether (sulfide) groups is 1. The van der Waals surface area contributed by atoms with Crippen LogP contribution in [0.3, 0.4) is 0 Å². The van der Waals surface area contributed by atoms with Crippen LogP contribution in [0.15, 0.2) is 46.2 Å². The molecule has 0 aliphatic carbocycles. The average Bonchev–Trinajstić information content (AvgIpc) is 2.78. The number of amides is 1. The van der Waals surface area contributed by atoms with Crippen LogP contribution in [0.1, 0.15) is 25.5 Å². The first-order valence-electron chi connectivity index (χ1n) is 10.3. The summed E-state index contributed by atoms with van der Waals surface area (Å²) in [5, 5.41) is 12.8. The van der Waals surface area contributed by atoms with E-state index in [-0.39, 0.29) is 34.0 Å². The number of carbonyl (C=O) groups excluding carboxylic acids is 1. The maximum absolute atomic E-state index is 15.2. The lowest BCUT2D eigenvalue weighted by molar-refractivity contribution is -0.113. The summed E-state index contributed by atoms with van der Waals surface area (Å²) in [6.07, 6.45) is 1.56. The average molecular weight is 481 g/mol. The minimum Gasteiger partial charge on any atom is -0.493 e. The third-order valence-electron chi connectivity index (χ3n) is 5.37. The zero-order chi connectivity index (χ0) is 24.1. The molecule has 3 aromatic heterocycles. The van der Waals surface area contributed by atoms with Crippen molar-refractivity contribution < 1.29 is 18.7 Å². The van der Waals surface area contributed by atoms with Gasteiger partial charge in [-0.1, -0.05) is 19.9 Å². The molecule has 0 saturated heterocycles. The molecule has 11 heteroatoms. The maximum atomic E-state index is 15.2. The smallest absolute Gasteiger partial charge is 0.357 e. The van der Waals surface area contributed by atoms with Crippen LogP contribution in [0.25, 0.3) is 28.0 Å². The van der Waals surface area contributed by atoms with Crippen molar-refractivity contribution in [3.8, 4) is 22.8 Å². The molecule has 1 aromatic carbocycles. The molecule has 0 atom stereocenters. The summed E-state index contributed by atoms with van der Waals surface area (Å²) < 4.78 is 31.3. The van der Waals surface area contributed by atoms with Crippen LogP contribution in [0.4, 0.5) is 14.5 Å². The second-order valence-electron chi connectivity index (χ2n) is 7.94. The van der Waals surface area contributed by atoms with Gasteiger partial charge in [0.25, 0.3) is 0 Å². The van der Waals surface area contributed by atoms with Crippen LogP contribution in [-0.4, -0.2) is 36.3 Å². The Morgan fingerprint density at radius 3 is 2.71 bits per heavy atom. The Morgan fingerprint density at radius 1 is 1.15 bits per heavy atom. The Morgan fingerprint density at radius 2 is 1.94 bits per heavy atom. The lowest BCUT2D eigenvalue weighted by Crippen LogP contribution is -2.25. The fourth-order valence-corrected chi connectivity index (χ4v) is 4.74. The van der Waals surface area contributed by atoms with Crippen molar-refractivity contribution in [2.24, 2.45) is 0 Å². The highest BCUT2D eigenvalue weighted by molar-refractivity contribution is 8.00. The summed E-state index contributed by atoms with van der Waals surface area (Å²) in [6, 6.07) is 6.52. The molecule has 0 saturated carbocycles. The van der Waals surface area contributed by atoms with Crippen LogP contribution < -0.4 is 11.0 Å². The minimum atomic E-state index is -0.961. The van der Waals surface area contributed by atoms with E-state index in [9.17, 15) is 19.1 Å². The molecule has 8 nitrogen and oxygen atoms in total. The van der Waals surface area contributed by atoms with Crippen molar-refractivity contribution >= 4 is 34.4 Å². The van der Waals surface area contributed by atoms with Crippen molar-refractivity contribution in [2.45, 2.75) is 24.7 Å². The van der Waals surface area contributed by atoms with Crippen LogP contribution in [0.2, 0.25) is 0 Å². The van der Waals surface area contributed by atoms with Gasteiger partial charge in [0.1, 0.15) is 11.5 Å². The number of nitrogens with zero attached hydrogens (tertiary/aromatic N) is 4. The summed E-state index contributed by atoms with van der Waals surface area (Å²) in [6.45, 7) is 3.75.